The van der Waals surface area contributed by atoms with Crippen LogP contribution in [0.2, 0.25) is 0 Å². The van der Waals surface area contributed by atoms with Crippen molar-refractivity contribution in [1.29, 1.82) is 0 Å². The molecule has 5 nitrogen and oxygen atoms in total. The highest BCUT2D eigenvalue weighted by Crippen LogP contribution is 2.32. The van der Waals surface area contributed by atoms with Gasteiger partial charge in [-0.15, -0.1) is 0 Å². The molecule has 1 heterocycles. The Labute approximate surface area is 120 Å². The number of nitrogens with two attached hydrogens (primary N) is 1. The summed E-state index contributed by atoms with van der Waals surface area (Å²) in [5.41, 5.74) is 6.95. The molecule has 0 saturated carbocycles. The zero-order chi connectivity index (χ0) is 14.2. The van der Waals surface area contributed by atoms with Crippen LogP contribution >= 0.6 is 0 Å². The molecule has 0 saturated heterocycles. The second-order valence-corrected chi connectivity index (χ2v) is 4.93. The van der Waals surface area contributed by atoms with Crippen LogP contribution in [0.1, 0.15) is 30.9 Å². The Hall–Kier alpha value is -1.30. The molecule has 0 aromatic heterocycles. The van der Waals surface area contributed by atoms with E-state index in [0.717, 1.165) is 42.9 Å². The number of aliphatic hydroxyl groups excluding tert-OH is 1. The molecular formula is C15H24N2O3. The third-order valence-electron chi connectivity index (χ3n) is 3.39. The van der Waals surface area contributed by atoms with E-state index >= 15 is 0 Å². The molecule has 1 unspecified atom stereocenters. The molecule has 0 radical (unpaired) electrons. The van der Waals surface area contributed by atoms with Crippen LogP contribution in [0.5, 0.6) is 11.5 Å². The van der Waals surface area contributed by atoms with Crippen LogP contribution in [0.4, 0.5) is 0 Å². The molecule has 20 heavy (non-hydrogen) atoms. The van der Waals surface area contributed by atoms with E-state index in [4.69, 9.17) is 20.3 Å². The van der Waals surface area contributed by atoms with Gasteiger partial charge in [0.15, 0.2) is 11.5 Å². The number of benzene rings is 1. The third-order valence-corrected chi connectivity index (χ3v) is 3.39. The van der Waals surface area contributed by atoms with Crippen LogP contribution in [0.25, 0.3) is 0 Å². The van der Waals surface area contributed by atoms with E-state index in [-0.39, 0.29) is 12.6 Å². The number of rotatable bonds is 7. The zero-order valence-corrected chi connectivity index (χ0v) is 11.8. The van der Waals surface area contributed by atoms with Gasteiger partial charge in [-0.1, -0.05) is 6.07 Å². The van der Waals surface area contributed by atoms with Crippen molar-refractivity contribution in [2.24, 2.45) is 5.73 Å². The van der Waals surface area contributed by atoms with Crippen molar-refractivity contribution in [2.75, 3.05) is 32.9 Å². The third kappa shape index (κ3) is 4.10. The van der Waals surface area contributed by atoms with E-state index in [1.807, 2.05) is 18.2 Å². The summed E-state index contributed by atoms with van der Waals surface area (Å²) >= 11 is 0. The zero-order valence-electron chi connectivity index (χ0n) is 11.8. The second-order valence-electron chi connectivity index (χ2n) is 4.93. The number of unbranched alkanes of at least 4 members (excludes halogenated alkanes) is 1. The summed E-state index contributed by atoms with van der Waals surface area (Å²) in [6.07, 6.45) is 2.66. The first-order valence-electron chi connectivity index (χ1n) is 7.29. The molecule has 4 N–H and O–H groups in total. The molecule has 0 spiro atoms. The van der Waals surface area contributed by atoms with Gasteiger partial charge in [0.2, 0.25) is 0 Å². The Kier molecular flexibility index (Phi) is 6.11. The highest BCUT2D eigenvalue weighted by molar-refractivity contribution is 5.44. The highest BCUT2D eigenvalue weighted by Gasteiger charge is 2.15. The summed E-state index contributed by atoms with van der Waals surface area (Å²) in [7, 11) is 0. The van der Waals surface area contributed by atoms with Crippen molar-refractivity contribution in [3.05, 3.63) is 23.8 Å². The Morgan fingerprint density at radius 3 is 2.75 bits per heavy atom. The summed E-state index contributed by atoms with van der Waals surface area (Å²) in [5.74, 6) is 1.61. The van der Waals surface area contributed by atoms with Gasteiger partial charge in [0.25, 0.3) is 0 Å². The lowest BCUT2D eigenvalue weighted by atomic mass is 10.1. The molecule has 112 valence electrons. The smallest absolute Gasteiger partial charge is 0.161 e. The van der Waals surface area contributed by atoms with Crippen LogP contribution in [-0.4, -0.2) is 38.0 Å². The Balaban J connectivity index is 2.00. The van der Waals surface area contributed by atoms with Gasteiger partial charge >= 0.3 is 0 Å². The lowest BCUT2D eigenvalue weighted by Gasteiger charge is -2.18. The lowest BCUT2D eigenvalue weighted by Crippen LogP contribution is -2.29. The molecule has 0 bridgehead atoms. The van der Waals surface area contributed by atoms with Gasteiger partial charge < -0.3 is 25.6 Å². The maximum Gasteiger partial charge on any atom is 0.161 e. The highest BCUT2D eigenvalue weighted by atomic mass is 16.5. The van der Waals surface area contributed by atoms with E-state index in [1.54, 1.807) is 0 Å². The molecule has 0 aliphatic carbocycles. The predicted molar refractivity (Wildman–Crippen MR) is 78.2 cm³/mol. The second kappa shape index (κ2) is 8.09. The summed E-state index contributed by atoms with van der Waals surface area (Å²) in [4.78, 5) is 0. The number of hydrogen-bond donors (Lipinski definition) is 3. The minimum atomic E-state index is 0.103. The van der Waals surface area contributed by atoms with E-state index in [9.17, 15) is 0 Å². The quantitative estimate of drug-likeness (QED) is 0.654. The molecule has 5 heteroatoms. The summed E-state index contributed by atoms with van der Waals surface area (Å²) in [6.45, 7) is 2.99. The fourth-order valence-corrected chi connectivity index (χ4v) is 2.25. The van der Waals surface area contributed by atoms with Gasteiger partial charge in [0.05, 0.1) is 13.2 Å². The minimum absolute atomic E-state index is 0.103. The number of aliphatic hydroxyl groups is 1. The summed E-state index contributed by atoms with van der Waals surface area (Å²) < 4.78 is 11.3. The van der Waals surface area contributed by atoms with E-state index < -0.39 is 0 Å². The number of ether oxygens (including phenoxy) is 2. The molecule has 2 rings (SSSR count). The Morgan fingerprint density at radius 1 is 1.20 bits per heavy atom. The molecular weight excluding hydrogens is 256 g/mol. The van der Waals surface area contributed by atoms with Gasteiger partial charge in [-0.25, -0.2) is 0 Å². The molecule has 0 fully saturated rings. The topological polar surface area (TPSA) is 76.7 Å². The van der Waals surface area contributed by atoms with Crippen LogP contribution in [-0.2, 0) is 0 Å². The first-order chi connectivity index (χ1) is 9.85. The summed E-state index contributed by atoms with van der Waals surface area (Å²) in [6, 6.07) is 6.10. The predicted octanol–water partition coefficient (Wildman–Crippen LogP) is 1.21. The largest absolute Gasteiger partial charge is 0.490 e. The van der Waals surface area contributed by atoms with Crippen LogP contribution in [0, 0.1) is 0 Å². The SMILES string of the molecule is NCC(NCCCCO)c1ccc2c(c1)OCCCO2. The van der Waals surface area contributed by atoms with Crippen molar-refractivity contribution in [3.63, 3.8) is 0 Å². The van der Waals surface area contributed by atoms with E-state index in [0.29, 0.717) is 19.8 Å². The van der Waals surface area contributed by atoms with Crippen molar-refractivity contribution < 1.29 is 14.6 Å². The fraction of sp³-hybridized carbons (Fsp3) is 0.600. The summed E-state index contributed by atoms with van der Waals surface area (Å²) in [5, 5.41) is 12.2. The molecule has 1 aromatic rings. The van der Waals surface area contributed by atoms with E-state index in [1.165, 1.54) is 0 Å². The fourth-order valence-electron chi connectivity index (χ4n) is 2.25. The minimum Gasteiger partial charge on any atom is -0.490 e. The Morgan fingerprint density at radius 2 is 2.00 bits per heavy atom. The molecule has 0 amide bonds. The number of fused-ring (bicyclic) bond motifs is 1. The molecule has 1 aliphatic rings. The number of nitrogens with one attached hydrogen (secondary N) is 1. The molecule has 1 atom stereocenters. The normalized spacial score (nSPS) is 15.7. The van der Waals surface area contributed by atoms with Crippen LogP contribution in [0.15, 0.2) is 18.2 Å². The maximum absolute atomic E-state index is 8.78. The van der Waals surface area contributed by atoms with E-state index in [2.05, 4.69) is 5.32 Å². The number of hydrogen-bond acceptors (Lipinski definition) is 5. The van der Waals surface area contributed by atoms with Gasteiger partial charge in [0, 0.05) is 25.6 Å². The van der Waals surface area contributed by atoms with Gasteiger partial charge in [0.1, 0.15) is 0 Å². The van der Waals surface area contributed by atoms with Crippen LogP contribution < -0.4 is 20.5 Å². The first-order valence-corrected chi connectivity index (χ1v) is 7.29. The first kappa shape index (κ1) is 15.1. The van der Waals surface area contributed by atoms with Crippen molar-refractivity contribution in [3.8, 4) is 11.5 Å². The standard InChI is InChI=1S/C15H24N2O3/c16-11-13(17-6-1-2-7-18)12-4-5-14-15(10-12)20-9-3-8-19-14/h4-5,10,13,17-18H,1-3,6-9,11,16H2. The van der Waals surface area contributed by atoms with Crippen LogP contribution in [0.3, 0.4) is 0 Å². The monoisotopic (exact) mass is 280 g/mol. The Bertz CT molecular complexity index is 412. The van der Waals surface area contributed by atoms with Crippen molar-refractivity contribution in [2.45, 2.75) is 25.3 Å². The molecule has 1 aliphatic heterocycles. The maximum atomic E-state index is 8.78. The van der Waals surface area contributed by atoms with Gasteiger partial charge in [-0.3, -0.25) is 0 Å². The van der Waals surface area contributed by atoms with Crippen molar-refractivity contribution >= 4 is 0 Å². The van der Waals surface area contributed by atoms with Gasteiger partial charge in [-0.2, -0.15) is 0 Å². The average molecular weight is 280 g/mol. The lowest BCUT2D eigenvalue weighted by molar-refractivity contribution is 0.282. The van der Waals surface area contributed by atoms with Gasteiger partial charge in [-0.05, 0) is 37.1 Å². The average Bonchev–Trinajstić information content (AvgIpc) is 2.72. The van der Waals surface area contributed by atoms with Crippen molar-refractivity contribution in [1.82, 2.24) is 5.32 Å². The molecule has 1 aromatic carbocycles.